The lowest BCUT2D eigenvalue weighted by molar-refractivity contribution is 0.262. The fourth-order valence-electron chi connectivity index (χ4n) is 1.41. The van der Waals surface area contributed by atoms with Gasteiger partial charge in [0.2, 0.25) is 0 Å². The van der Waals surface area contributed by atoms with Crippen LogP contribution in [-0.4, -0.2) is 6.03 Å². The summed E-state index contributed by atoms with van der Waals surface area (Å²) in [6, 6.07) is 14.3. The molecular weight excluding hydrogens is 363 g/mol. The Labute approximate surface area is 124 Å². The summed E-state index contributed by atoms with van der Waals surface area (Å²) in [5.74, 6) is 0. The SMILES string of the molecule is O=C(Nc1cccc(Cl)c1)Nc1ccccc1I. The topological polar surface area (TPSA) is 41.1 Å². The average Bonchev–Trinajstić information content (AvgIpc) is 2.32. The van der Waals surface area contributed by atoms with Crippen LogP contribution in [0.2, 0.25) is 5.02 Å². The summed E-state index contributed by atoms with van der Waals surface area (Å²) in [5.41, 5.74) is 1.43. The Hall–Kier alpha value is -1.27. The third-order valence-corrected chi connectivity index (χ3v) is 3.38. The first kappa shape index (κ1) is 13.2. The van der Waals surface area contributed by atoms with Crippen LogP contribution in [0.25, 0.3) is 0 Å². The van der Waals surface area contributed by atoms with Gasteiger partial charge in [-0.25, -0.2) is 4.79 Å². The highest BCUT2D eigenvalue weighted by atomic mass is 127. The van der Waals surface area contributed by atoms with Crippen LogP contribution in [-0.2, 0) is 0 Å². The van der Waals surface area contributed by atoms with Crippen molar-refractivity contribution in [3.8, 4) is 0 Å². The molecule has 0 spiro atoms. The van der Waals surface area contributed by atoms with Crippen LogP contribution in [0.4, 0.5) is 16.2 Å². The number of nitrogens with one attached hydrogen (secondary N) is 2. The standard InChI is InChI=1S/C13H10ClIN2O/c14-9-4-3-5-10(8-9)16-13(18)17-12-7-2-1-6-11(12)15/h1-8H,(H2,16,17,18). The third-order valence-electron chi connectivity index (χ3n) is 2.20. The molecule has 0 saturated carbocycles. The summed E-state index contributed by atoms with van der Waals surface area (Å²) in [5, 5.41) is 6.08. The van der Waals surface area contributed by atoms with Gasteiger partial charge in [0.15, 0.2) is 0 Å². The summed E-state index contributed by atoms with van der Waals surface area (Å²) in [6.45, 7) is 0. The molecule has 2 rings (SSSR count). The molecule has 0 fully saturated rings. The predicted octanol–water partition coefficient (Wildman–Crippen LogP) is 4.59. The Balaban J connectivity index is 2.03. The third kappa shape index (κ3) is 3.61. The van der Waals surface area contributed by atoms with Gasteiger partial charge in [-0.05, 0) is 52.9 Å². The monoisotopic (exact) mass is 372 g/mol. The molecule has 2 aromatic rings. The summed E-state index contributed by atoms with van der Waals surface area (Å²) in [7, 11) is 0. The van der Waals surface area contributed by atoms with E-state index in [1.165, 1.54) is 0 Å². The van der Waals surface area contributed by atoms with E-state index < -0.39 is 0 Å². The van der Waals surface area contributed by atoms with Crippen LogP contribution in [0.3, 0.4) is 0 Å². The van der Waals surface area contributed by atoms with Crippen molar-refractivity contribution in [1.82, 2.24) is 0 Å². The summed E-state index contributed by atoms with van der Waals surface area (Å²) in [6.07, 6.45) is 0. The van der Waals surface area contributed by atoms with Gasteiger partial charge in [0.05, 0.1) is 5.69 Å². The molecule has 3 nitrogen and oxygen atoms in total. The quantitative estimate of drug-likeness (QED) is 0.744. The summed E-state index contributed by atoms with van der Waals surface area (Å²) >= 11 is 8.01. The van der Waals surface area contributed by atoms with Crippen molar-refractivity contribution < 1.29 is 4.79 Å². The van der Waals surface area contributed by atoms with Crippen molar-refractivity contribution in [3.63, 3.8) is 0 Å². The molecule has 0 aliphatic carbocycles. The molecular formula is C13H10ClIN2O. The van der Waals surface area contributed by atoms with Crippen LogP contribution in [0.15, 0.2) is 48.5 Å². The number of urea groups is 1. The van der Waals surface area contributed by atoms with Gasteiger partial charge in [-0.2, -0.15) is 0 Å². The van der Waals surface area contributed by atoms with Crippen LogP contribution in [0, 0.1) is 3.57 Å². The Morgan fingerprint density at radius 1 is 1.06 bits per heavy atom. The number of anilines is 2. The van der Waals surface area contributed by atoms with E-state index in [1.54, 1.807) is 24.3 Å². The molecule has 0 atom stereocenters. The Morgan fingerprint density at radius 2 is 1.83 bits per heavy atom. The number of rotatable bonds is 2. The van der Waals surface area contributed by atoms with Gasteiger partial charge in [-0.3, -0.25) is 0 Å². The number of hydrogen-bond acceptors (Lipinski definition) is 1. The summed E-state index contributed by atoms with van der Waals surface area (Å²) in [4.78, 5) is 11.8. The predicted molar refractivity (Wildman–Crippen MR) is 83.3 cm³/mol. The second-order valence-corrected chi connectivity index (χ2v) is 5.17. The average molecular weight is 373 g/mol. The number of hydrogen-bond donors (Lipinski definition) is 2. The van der Waals surface area contributed by atoms with Crippen molar-refractivity contribution in [2.45, 2.75) is 0 Å². The first-order chi connectivity index (χ1) is 8.65. The van der Waals surface area contributed by atoms with Crippen LogP contribution < -0.4 is 10.6 Å². The fraction of sp³-hybridized carbons (Fsp3) is 0. The van der Waals surface area contributed by atoms with Crippen molar-refractivity contribution in [3.05, 3.63) is 57.1 Å². The number of halogens is 2. The van der Waals surface area contributed by atoms with Gasteiger partial charge in [-0.15, -0.1) is 0 Å². The highest BCUT2D eigenvalue weighted by molar-refractivity contribution is 14.1. The molecule has 0 saturated heterocycles. The van der Waals surface area contributed by atoms with Gasteiger partial charge >= 0.3 is 6.03 Å². The zero-order valence-electron chi connectivity index (χ0n) is 9.28. The maximum absolute atomic E-state index is 11.8. The maximum atomic E-state index is 11.8. The van der Waals surface area contributed by atoms with Gasteiger partial charge in [0, 0.05) is 14.3 Å². The Bertz CT molecular complexity index is 574. The van der Waals surface area contributed by atoms with E-state index >= 15 is 0 Å². The van der Waals surface area contributed by atoms with Crippen molar-refractivity contribution in [1.29, 1.82) is 0 Å². The largest absolute Gasteiger partial charge is 0.323 e. The number of para-hydroxylation sites is 1. The normalized spacial score (nSPS) is 9.89. The number of carbonyl (C=O) groups is 1. The minimum Gasteiger partial charge on any atom is -0.308 e. The summed E-state index contributed by atoms with van der Waals surface area (Å²) < 4.78 is 0.983. The van der Waals surface area contributed by atoms with Gasteiger partial charge in [0.25, 0.3) is 0 Å². The highest BCUT2D eigenvalue weighted by Crippen LogP contribution is 2.18. The molecule has 5 heteroatoms. The van der Waals surface area contributed by atoms with E-state index in [-0.39, 0.29) is 6.03 Å². The molecule has 0 aliphatic heterocycles. The molecule has 0 radical (unpaired) electrons. The molecule has 18 heavy (non-hydrogen) atoms. The van der Waals surface area contributed by atoms with Crippen LogP contribution in [0.5, 0.6) is 0 Å². The lowest BCUT2D eigenvalue weighted by atomic mass is 10.3. The lowest BCUT2D eigenvalue weighted by Gasteiger charge is -2.09. The van der Waals surface area contributed by atoms with E-state index in [0.29, 0.717) is 10.7 Å². The maximum Gasteiger partial charge on any atom is 0.323 e. The fourth-order valence-corrected chi connectivity index (χ4v) is 2.13. The van der Waals surface area contributed by atoms with E-state index in [4.69, 9.17) is 11.6 Å². The minimum atomic E-state index is -0.290. The zero-order valence-corrected chi connectivity index (χ0v) is 12.2. The first-order valence-corrected chi connectivity index (χ1v) is 6.69. The molecule has 92 valence electrons. The number of amides is 2. The smallest absolute Gasteiger partial charge is 0.308 e. The Morgan fingerprint density at radius 3 is 2.56 bits per heavy atom. The van der Waals surface area contributed by atoms with Crippen molar-refractivity contribution in [2.75, 3.05) is 10.6 Å². The van der Waals surface area contributed by atoms with Gasteiger partial charge in [0.1, 0.15) is 0 Å². The highest BCUT2D eigenvalue weighted by Gasteiger charge is 2.04. The van der Waals surface area contributed by atoms with Crippen LogP contribution >= 0.6 is 34.2 Å². The van der Waals surface area contributed by atoms with Crippen molar-refractivity contribution in [2.24, 2.45) is 0 Å². The number of carbonyl (C=O) groups excluding carboxylic acids is 1. The lowest BCUT2D eigenvalue weighted by Crippen LogP contribution is -2.19. The molecule has 2 amide bonds. The second-order valence-electron chi connectivity index (χ2n) is 3.57. The van der Waals surface area contributed by atoms with E-state index in [9.17, 15) is 4.79 Å². The molecule has 0 bridgehead atoms. The van der Waals surface area contributed by atoms with E-state index in [1.807, 2.05) is 24.3 Å². The molecule has 2 N–H and O–H groups in total. The molecule has 2 aromatic carbocycles. The van der Waals surface area contributed by atoms with E-state index in [2.05, 4.69) is 33.2 Å². The van der Waals surface area contributed by atoms with Crippen molar-refractivity contribution >= 4 is 51.6 Å². The molecule has 0 aliphatic rings. The molecule has 0 aromatic heterocycles. The Kier molecular flexibility index (Phi) is 4.43. The zero-order chi connectivity index (χ0) is 13.0. The van der Waals surface area contributed by atoms with Crippen LogP contribution in [0.1, 0.15) is 0 Å². The van der Waals surface area contributed by atoms with Gasteiger partial charge in [-0.1, -0.05) is 29.8 Å². The first-order valence-electron chi connectivity index (χ1n) is 5.23. The van der Waals surface area contributed by atoms with E-state index in [0.717, 1.165) is 9.26 Å². The number of benzene rings is 2. The minimum absolute atomic E-state index is 0.290. The molecule has 0 unspecified atom stereocenters. The second kappa shape index (κ2) is 6.06. The molecule has 0 heterocycles. The van der Waals surface area contributed by atoms with Gasteiger partial charge < -0.3 is 10.6 Å².